The van der Waals surface area contributed by atoms with Gasteiger partial charge in [-0.2, -0.15) is 0 Å². The molecule has 0 aromatic carbocycles. The fraction of sp³-hybridized carbons (Fsp3) is 0.846. The number of hydrogen-bond donors (Lipinski definition) is 1. The molecule has 2 rings (SSSR count). The van der Waals surface area contributed by atoms with Gasteiger partial charge in [0.2, 0.25) is 11.8 Å². The molecule has 2 fully saturated rings. The van der Waals surface area contributed by atoms with Crippen LogP contribution in [0, 0.1) is 5.41 Å². The highest BCUT2D eigenvalue weighted by atomic mass is 16.2. The van der Waals surface area contributed by atoms with Gasteiger partial charge in [-0.1, -0.05) is 25.7 Å². The van der Waals surface area contributed by atoms with Crippen LogP contribution in [-0.2, 0) is 9.59 Å². The van der Waals surface area contributed by atoms with Gasteiger partial charge >= 0.3 is 0 Å². The Kier molecular flexibility index (Phi) is 3.52. The summed E-state index contributed by atoms with van der Waals surface area (Å²) in [7, 11) is 0. The van der Waals surface area contributed by atoms with Crippen LogP contribution in [0.3, 0.4) is 0 Å². The van der Waals surface area contributed by atoms with Gasteiger partial charge in [0.05, 0.1) is 5.41 Å². The first kappa shape index (κ1) is 12.6. The minimum absolute atomic E-state index is 0.0193. The van der Waals surface area contributed by atoms with E-state index in [9.17, 15) is 9.59 Å². The van der Waals surface area contributed by atoms with Crippen LogP contribution < -0.4 is 5.73 Å². The van der Waals surface area contributed by atoms with Crippen molar-refractivity contribution in [2.24, 2.45) is 11.1 Å². The Balaban J connectivity index is 2.15. The summed E-state index contributed by atoms with van der Waals surface area (Å²) in [5.74, 6) is 0.0240. The third kappa shape index (κ3) is 2.37. The summed E-state index contributed by atoms with van der Waals surface area (Å²) in [6, 6.07) is -0.135. The van der Waals surface area contributed by atoms with E-state index < -0.39 is 0 Å². The molecule has 2 amide bonds. The number of likely N-dealkylation sites (tertiary alicyclic amines) is 1. The average molecular weight is 238 g/mol. The summed E-state index contributed by atoms with van der Waals surface area (Å²) in [5, 5.41) is 0. The Bertz CT molecular complexity index is 317. The Morgan fingerprint density at radius 1 is 1.24 bits per heavy atom. The molecule has 0 bridgehead atoms. The quantitative estimate of drug-likeness (QED) is 0.740. The van der Waals surface area contributed by atoms with Gasteiger partial charge in [0, 0.05) is 19.0 Å². The Labute approximate surface area is 103 Å². The molecule has 17 heavy (non-hydrogen) atoms. The summed E-state index contributed by atoms with van der Waals surface area (Å²) < 4.78 is 0. The second-order valence-electron chi connectivity index (χ2n) is 5.66. The van der Waals surface area contributed by atoms with Crippen LogP contribution in [0.1, 0.15) is 51.9 Å². The standard InChI is InChI=1S/C13H22N2O2/c1-10(14)9-15-11(16)8-13(12(15)17)6-4-2-3-5-7-13/h10H,2-9,14H2,1H3. The zero-order valence-electron chi connectivity index (χ0n) is 10.6. The van der Waals surface area contributed by atoms with E-state index in [-0.39, 0.29) is 23.3 Å². The molecule has 4 heteroatoms. The predicted molar refractivity (Wildman–Crippen MR) is 65.1 cm³/mol. The molecular weight excluding hydrogens is 216 g/mol. The molecule has 1 spiro atoms. The molecular formula is C13H22N2O2. The minimum Gasteiger partial charge on any atom is -0.326 e. The van der Waals surface area contributed by atoms with Crippen molar-refractivity contribution in [3.05, 3.63) is 0 Å². The Morgan fingerprint density at radius 2 is 1.82 bits per heavy atom. The van der Waals surface area contributed by atoms with E-state index in [4.69, 9.17) is 5.73 Å². The molecule has 2 aliphatic rings. The molecule has 1 unspecified atom stereocenters. The van der Waals surface area contributed by atoms with E-state index in [1.54, 1.807) is 0 Å². The maximum Gasteiger partial charge on any atom is 0.235 e. The molecule has 0 aromatic heterocycles. The first-order chi connectivity index (χ1) is 8.05. The van der Waals surface area contributed by atoms with Crippen LogP contribution in [0.4, 0.5) is 0 Å². The highest BCUT2D eigenvalue weighted by Gasteiger charge is 2.50. The number of hydrogen-bond acceptors (Lipinski definition) is 3. The summed E-state index contributed by atoms with van der Waals surface area (Å²) in [6.45, 7) is 2.21. The van der Waals surface area contributed by atoms with Crippen molar-refractivity contribution in [2.45, 2.75) is 57.9 Å². The SMILES string of the molecule is CC(N)CN1C(=O)CC2(CCCCCC2)C1=O. The van der Waals surface area contributed by atoms with E-state index in [0.717, 1.165) is 25.7 Å². The zero-order chi connectivity index (χ0) is 12.5. The molecule has 0 aromatic rings. The van der Waals surface area contributed by atoms with Crippen LogP contribution in [0.15, 0.2) is 0 Å². The third-order valence-corrected chi connectivity index (χ3v) is 4.02. The van der Waals surface area contributed by atoms with Crippen molar-refractivity contribution in [2.75, 3.05) is 6.54 Å². The molecule has 0 radical (unpaired) electrons. The van der Waals surface area contributed by atoms with Crippen LogP contribution in [-0.4, -0.2) is 29.3 Å². The van der Waals surface area contributed by atoms with Gasteiger partial charge in [-0.25, -0.2) is 0 Å². The third-order valence-electron chi connectivity index (χ3n) is 4.02. The number of imide groups is 1. The van der Waals surface area contributed by atoms with Crippen LogP contribution in [0.25, 0.3) is 0 Å². The molecule has 1 aliphatic carbocycles. The van der Waals surface area contributed by atoms with Crippen LogP contribution in [0.2, 0.25) is 0 Å². The Morgan fingerprint density at radius 3 is 2.35 bits per heavy atom. The predicted octanol–water partition coefficient (Wildman–Crippen LogP) is 1.43. The minimum atomic E-state index is -0.373. The lowest BCUT2D eigenvalue weighted by Gasteiger charge is -2.25. The lowest BCUT2D eigenvalue weighted by molar-refractivity contribution is -0.142. The molecule has 96 valence electrons. The van der Waals surface area contributed by atoms with Gasteiger partial charge in [0.25, 0.3) is 0 Å². The van der Waals surface area contributed by atoms with E-state index >= 15 is 0 Å². The number of nitrogens with zero attached hydrogens (tertiary/aromatic N) is 1. The van der Waals surface area contributed by atoms with Crippen molar-refractivity contribution < 1.29 is 9.59 Å². The first-order valence-electron chi connectivity index (χ1n) is 6.65. The molecule has 1 saturated carbocycles. The lowest BCUT2D eigenvalue weighted by Crippen LogP contribution is -2.41. The maximum atomic E-state index is 12.4. The number of carbonyl (C=O) groups excluding carboxylic acids is 2. The van der Waals surface area contributed by atoms with Crippen molar-refractivity contribution in [1.82, 2.24) is 4.90 Å². The molecule has 1 atom stereocenters. The topological polar surface area (TPSA) is 63.4 Å². The van der Waals surface area contributed by atoms with Crippen molar-refractivity contribution in [3.8, 4) is 0 Å². The summed E-state index contributed by atoms with van der Waals surface area (Å²) in [5.41, 5.74) is 5.33. The molecule has 2 N–H and O–H groups in total. The number of nitrogens with two attached hydrogens (primary N) is 1. The highest BCUT2D eigenvalue weighted by molar-refractivity contribution is 6.05. The Hall–Kier alpha value is -0.900. The summed E-state index contributed by atoms with van der Waals surface area (Å²) in [4.78, 5) is 25.8. The molecule has 1 aliphatic heterocycles. The summed E-state index contributed by atoms with van der Waals surface area (Å²) in [6.07, 6.45) is 6.71. The molecule has 4 nitrogen and oxygen atoms in total. The van der Waals surface area contributed by atoms with E-state index in [2.05, 4.69) is 0 Å². The van der Waals surface area contributed by atoms with Gasteiger partial charge in [-0.3, -0.25) is 14.5 Å². The number of amides is 2. The fourth-order valence-electron chi connectivity index (χ4n) is 3.13. The van der Waals surface area contributed by atoms with Gasteiger partial charge in [0.15, 0.2) is 0 Å². The molecule has 1 saturated heterocycles. The monoisotopic (exact) mass is 238 g/mol. The van der Waals surface area contributed by atoms with Crippen molar-refractivity contribution in [1.29, 1.82) is 0 Å². The van der Waals surface area contributed by atoms with Crippen LogP contribution in [0.5, 0.6) is 0 Å². The second kappa shape index (κ2) is 4.77. The fourth-order valence-corrected chi connectivity index (χ4v) is 3.13. The van der Waals surface area contributed by atoms with Gasteiger partial charge in [0.1, 0.15) is 0 Å². The first-order valence-corrected chi connectivity index (χ1v) is 6.65. The smallest absolute Gasteiger partial charge is 0.235 e. The second-order valence-corrected chi connectivity index (χ2v) is 5.66. The highest BCUT2D eigenvalue weighted by Crippen LogP contribution is 2.44. The van der Waals surface area contributed by atoms with Gasteiger partial charge in [-0.05, 0) is 19.8 Å². The zero-order valence-corrected chi connectivity index (χ0v) is 10.6. The number of rotatable bonds is 2. The van der Waals surface area contributed by atoms with E-state index in [0.29, 0.717) is 13.0 Å². The lowest BCUT2D eigenvalue weighted by atomic mass is 9.79. The maximum absolute atomic E-state index is 12.4. The van der Waals surface area contributed by atoms with Crippen molar-refractivity contribution in [3.63, 3.8) is 0 Å². The van der Waals surface area contributed by atoms with Crippen molar-refractivity contribution >= 4 is 11.8 Å². The van der Waals surface area contributed by atoms with Gasteiger partial charge in [-0.15, -0.1) is 0 Å². The van der Waals surface area contributed by atoms with Gasteiger partial charge < -0.3 is 5.73 Å². The van der Waals surface area contributed by atoms with E-state index in [1.165, 1.54) is 17.7 Å². The average Bonchev–Trinajstić information content (AvgIpc) is 2.48. The van der Waals surface area contributed by atoms with Crippen LogP contribution >= 0.6 is 0 Å². The molecule has 1 heterocycles. The largest absolute Gasteiger partial charge is 0.326 e. The van der Waals surface area contributed by atoms with E-state index in [1.807, 2.05) is 6.92 Å². The number of carbonyl (C=O) groups is 2. The normalized spacial score (nSPS) is 26.4. The summed E-state index contributed by atoms with van der Waals surface area (Å²) >= 11 is 0.